The van der Waals surface area contributed by atoms with Crippen LogP contribution in [0.25, 0.3) is 0 Å². The number of amides is 2. The molecule has 1 fully saturated rings. The molecule has 0 saturated carbocycles. The van der Waals surface area contributed by atoms with Gasteiger partial charge in [0.15, 0.2) is 0 Å². The standard InChI is InChI=1S/C28H30N2O2S/c1-5-19-8-6-7-9-24(19)30-25(31)18-33-27(30)21-12-16-23(17-13-21)29-26(32)20-10-14-22(15-11-20)28(2,3)4/h6-17,27H,5,18H2,1-4H3,(H,29,32). The lowest BCUT2D eigenvalue weighted by Crippen LogP contribution is -2.28. The molecule has 0 aromatic heterocycles. The zero-order valence-corrected chi connectivity index (χ0v) is 20.4. The van der Waals surface area contributed by atoms with E-state index >= 15 is 0 Å². The quantitative estimate of drug-likeness (QED) is 0.470. The van der Waals surface area contributed by atoms with Crippen LogP contribution in [-0.4, -0.2) is 17.6 Å². The number of nitrogens with one attached hydrogen (secondary N) is 1. The van der Waals surface area contributed by atoms with Gasteiger partial charge in [0.25, 0.3) is 5.91 Å². The van der Waals surface area contributed by atoms with Crippen molar-refractivity contribution in [1.29, 1.82) is 0 Å². The third-order valence-corrected chi connectivity index (χ3v) is 7.18. The highest BCUT2D eigenvalue weighted by atomic mass is 32.2. The van der Waals surface area contributed by atoms with Gasteiger partial charge in [-0.1, -0.05) is 70.2 Å². The summed E-state index contributed by atoms with van der Waals surface area (Å²) in [5.41, 5.74) is 5.81. The summed E-state index contributed by atoms with van der Waals surface area (Å²) in [6.45, 7) is 8.57. The zero-order valence-electron chi connectivity index (χ0n) is 19.6. The highest BCUT2D eigenvalue weighted by molar-refractivity contribution is 8.00. The largest absolute Gasteiger partial charge is 0.322 e. The predicted octanol–water partition coefficient (Wildman–Crippen LogP) is 6.58. The van der Waals surface area contributed by atoms with Crippen LogP contribution in [0, 0.1) is 0 Å². The van der Waals surface area contributed by atoms with E-state index in [9.17, 15) is 9.59 Å². The molecule has 1 unspecified atom stereocenters. The maximum Gasteiger partial charge on any atom is 0.255 e. The van der Waals surface area contributed by atoms with Crippen LogP contribution in [0.15, 0.2) is 72.8 Å². The maximum atomic E-state index is 12.7. The van der Waals surface area contributed by atoms with Gasteiger partial charge in [0, 0.05) is 16.9 Å². The van der Waals surface area contributed by atoms with Crippen LogP contribution in [0.2, 0.25) is 0 Å². The van der Waals surface area contributed by atoms with Crippen LogP contribution >= 0.6 is 11.8 Å². The molecule has 3 aromatic carbocycles. The lowest BCUT2D eigenvalue weighted by atomic mass is 9.87. The van der Waals surface area contributed by atoms with E-state index in [1.807, 2.05) is 71.6 Å². The number of para-hydroxylation sites is 1. The number of hydrogen-bond donors (Lipinski definition) is 1. The first kappa shape index (κ1) is 23.1. The minimum absolute atomic E-state index is 0.0516. The van der Waals surface area contributed by atoms with E-state index in [4.69, 9.17) is 0 Å². The molecule has 1 heterocycles. The molecule has 170 valence electrons. The SMILES string of the molecule is CCc1ccccc1N1C(=O)CSC1c1ccc(NC(=O)c2ccc(C(C)(C)C)cc2)cc1. The number of anilines is 2. The van der Waals surface area contributed by atoms with E-state index in [1.54, 1.807) is 11.8 Å². The number of aryl methyl sites for hydroxylation is 1. The molecule has 1 saturated heterocycles. The van der Waals surface area contributed by atoms with E-state index < -0.39 is 0 Å². The number of hydrogen-bond acceptors (Lipinski definition) is 3. The van der Waals surface area contributed by atoms with Gasteiger partial charge in [-0.3, -0.25) is 14.5 Å². The summed E-state index contributed by atoms with van der Waals surface area (Å²) in [6.07, 6.45) is 0.874. The van der Waals surface area contributed by atoms with Crippen LogP contribution in [0.1, 0.15) is 60.1 Å². The topological polar surface area (TPSA) is 49.4 Å². The lowest BCUT2D eigenvalue weighted by molar-refractivity contribution is -0.115. The smallest absolute Gasteiger partial charge is 0.255 e. The molecule has 4 nitrogen and oxygen atoms in total. The first-order valence-corrected chi connectivity index (χ1v) is 12.4. The van der Waals surface area contributed by atoms with Crippen molar-refractivity contribution in [2.75, 3.05) is 16.0 Å². The number of rotatable bonds is 5. The number of carbonyl (C=O) groups excluding carboxylic acids is 2. The summed E-state index contributed by atoms with van der Waals surface area (Å²) in [5.74, 6) is 0.459. The summed E-state index contributed by atoms with van der Waals surface area (Å²) in [5, 5.41) is 2.91. The summed E-state index contributed by atoms with van der Waals surface area (Å²) in [7, 11) is 0. The molecule has 3 aromatic rings. The highest BCUT2D eigenvalue weighted by Gasteiger charge is 2.34. The monoisotopic (exact) mass is 458 g/mol. The van der Waals surface area contributed by atoms with Crippen LogP contribution < -0.4 is 10.2 Å². The maximum absolute atomic E-state index is 12.7. The van der Waals surface area contributed by atoms with Gasteiger partial charge < -0.3 is 5.32 Å². The zero-order chi connectivity index (χ0) is 23.6. The van der Waals surface area contributed by atoms with E-state index in [-0.39, 0.29) is 22.6 Å². The number of benzene rings is 3. The van der Waals surface area contributed by atoms with Crippen LogP contribution in [0.4, 0.5) is 11.4 Å². The summed E-state index contributed by atoms with van der Waals surface area (Å²) in [4.78, 5) is 27.3. The Kier molecular flexibility index (Phi) is 6.61. The molecule has 1 aliphatic rings. The Labute approximate surface area is 200 Å². The van der Waals surface area contributed by atoms with E-state index in [1.165, 1.54) is 11.1 Å². The molecule has 1 aliphatic heterocycles. The third-order valence-electron chi connectivity index (χ3n) is 5.97. The van der Waals surface area contributed by atoms with Gasteiger partial charge in [0.2, 0.25) is 5.91 Å². The molecular weight excluding hydrogens is 428 g/mol. The summed E-state index contributed by atoms with van der Waals surface area (Å²) in [6, 6.07) is 23.7. The van der Waals surface area contributed by atoms with Gasteiger partial charge >= 0.3 is 0 Å². The molecule has 0 radical (unpaired) electrons. The van der Waals surface area contributed by atoms with Crippen molar-refractivity contribution in [2.45, 2.75) is 44.9 Å². The second kappa shape index (κ2) is 9.44. The lowest BCUT2D eigenvalue weighted by Gasteiger charge is -2.26. The molecule has 4 rings (SSSR count). The average Bonchev–Trinajstić information content (AvgIpc) is 3.20. The van der Waals surface area contributed by atoms with Crippen LogP contribution in [-0.2, 0) is 16.6 Å². The molecule has 5 heteroatoms. The van der Waals surface area contributed by atoms with Crippen molar-refractivity contribution in [3.63, 3.8) is 0 Å². The van der Waals surface area contributed by atoms with Crippen molar-refractivity contribution in [2.24, 2.45) is 0 Å². The van der Waals surface area contributed by atoms with Gasteiger partial charge in [-0.15, -0.1) is 11.8 Å². The fraction of sp³-hybridized carbons (Fsp3) is 0.286. The Morgan fingerprint density at radius 3 is 2.30 bits per heavy atom. The van der Waals surface area contributed by atoms with Crippen molar-refractivity contribution >= 4 is 35.0 Å². The molecule has 2 amide bonds. The fourth-order valence-corrected chi connectivity index (χ4v) is 5.20. The van der Waals surface area contributed by atoms with Gasteiger partial charge in [0.05, 0.1) is 5.75 Å². The molecular formula is C28H30N2O2S. The molecule has 33 heavy (non-hydrogen) atoms. The molecule has 0 bridgehead atoms. The molecule has 1 atom stereocenters. The second-order valence-electron chi connectivity index (χ2n) is 9.31. The van der Waals surface area contributed by atoms with Crippen LogP contribution in [0.5, 0.6) is 0 Å². The fourth-order valence-electron chi connectivity index (χ4n) is 4.03. The van der Waals surface area contributed by atoms with Crippen molar-refractivity contribution in [1.82, 2.24) is 0 Å². The Balaban J connectivity index is 1.50. The molecule has 0 aliphatic carbocycles. The first-order valence-electron chi connectivity index (χ1n) is 11.3. The third kappa shape index (κ3) is 4.98. The predicted molar refractivity (Wildman–Crippen MR) is 138 cm³/mol. The Morgan fingerprint density at radius 2 is 1.67 bits per heavy atom. The van der Waals surface area contributed by atoms with E-state index in [2.05, 4.69) is 39.1 Å². The van der Waals surface area contributed by atoms with Crippen molar-refractivity contribution in [3.8, 4) is 0 Å². The number of carbonyl (C=O) groups is 2. The highest BCUT2D eigenvalue weighted by Crippen LogP contribution is 2.43. The Morgan fingerprint density at radius 1 is 1.00 bits per heavy atom. The van der Waals surface area contributed by atoms with Crippen molar-refractivity contribution in [3.05, 3.63) is 95.1 Å². The summed E-state index contributed by atoms with van der Waals surface area (Å²) < 4.78 is 0. The van der Waals surface area contributed by atoms with Gasteiger partial charge in [0.1, 0.15) is 5.37 Å². The minimum atomic E-state index is -0.132. The average molecular weight is 459 g/mol. The number of nitrogens with zero attached hydrogens (tertiary/aromatic N) is 1. The van der Waals surface area contributed by atoms with Gasteiger partial charge in [-0.2, -0.15) is 0 Å². The van der Waals surface area contributed by atoms with E-state index in [0.717, 1.165) is 23.4 Å². The number of thioether (sulfide) groups is 1. The summed E-state index contributed by atoms with van der Waals surface area (Å²) >= 11 is 1.63. The van der Waals surface area contributed by atoms with Crippen molar-refractivity contribution < 1.29 is 9.59 Å². The normalized spacial score (nSPS) is 16.2. The second-order valence-corrected chi connectivity index (χ2v) is 10.4. The van der Waals surface area contributed by atoms with E-state index in [0.29, 0.717) is 11.3 Å². The Hall–Kier alpha value is -3.05. The Bertz CT molecular complexity index is 1150. The van der Waals surface area contributed by atoms with Crippen LogP contribution in [0.3, 0.4) is 0 Å². The molecule has 1 N–H and O–H groups in total. The van der Waals surface area contributed by atoms with Gasteiger partial charge in [-0.25, -0.2) is 0 Å². The first-order chi connectivity index (χ1) is 15.8. The van der Waals surface area contributed by atoms with Gasteiger partial charge in [-0.05, 0) is 58.9 Å². The minimum Gasteiger partial charge on any atom is -0.322 e. The molecule has 0 spiro atoms.